The molecule has 218 valence electrons. The van der Waals surface area contributed by atoms with Crippen LogP contribution >= 0.6 is 0 Å². The Morgan fingerprint density at radius 1 is 1.10 bits per heavy atom. The Morgan fingerprint density at radius 2 is 1.93 bits per heavy atom. The van der Waals surface area contributed by atoms with Crippen LogP contribution in [0.25, 0.3) is 10.8 Å². The highest BCUT2D eigenvalue weighted by Gasteiger charge is 2.37. The second-order valence-corrected chi connectivity index (χ2v) is 11.5. The van der Waals surface area contributed by atoms with Crippen molar-refractivity contribution in [3.8, 4) is 11.8 Å². The lowest BCUT2D eigenvalue weighted by molar-refractivity contribution is 0.0997. The number of phenols is 1. The molecule has 1 atom stereocenters. The molecular formula is C32H40FN5O3. The summed E-state index contributed by atoms with van der Waals surface area (Å²) in [5, 5.41) is 15.5. The van der Waals surface area contributed by atoms with Crippen molar-refractivity contribution in [3.05, 3.63) is 46.9 Å². The molecule has 0 spiro atoms. The molecule has 2 saturated heterocycles. The van der Waals surface area contributed by atoms with Crippen molar-refractivity contribution in [1.82, 2.24) is 15.3 Å². The number of amides is 1. The van der Waals surface area contributed by atoms with Crippen LogP contribution in [0.2, 0.25) is 0 Å². The van der Waals surface area contributed by atoms with E-state index in [9.17, 15) is 14.3 Å². The highest BCUT2D eigenvalue weighted by Crippen LogP contribution is 2.41. The SMILES string of the molecule is CCc1c(F)ccc2cc(O)cc(N3Cc4nc(OCCC[C@H]5CCCCN5)nc(N5CCCCCC5)c4C3=O)c12. The molecule has 2 aromatic carbocycles. The van der Waals surface area contributed by atoms with Crippen LogP contribution < -0.4 is 19.9 Å². The normalized spacial score (nSPS) is 19.5. The first kappa shape index (κ1) is 27.7. The Hall–Kier alpha value is -3.46. The number of carbonyl (C=O) groups is 1. The molecule has 8 nitrogen and oxygen atoms in total. The Kier molecular flexibility index (Phi) is 8.23. The fourth-order valence-electron chi connectivity index (χ4n) is 6.63. The molecule has 3 aliphatic rings. The molecule has 0 bridgehead atoms. The van der Waals surface area contributed by atoms with Gasteiger partial charge < -0.3 is 25.0 Å². The number of rotatable bonds is 8. The summed E-state index contributed by atoms with van der Waals surface area (Å²) in [7, 11) is 0. The zero-order valence-electron chi connectivity index (χ0n) is 23.9. The number of aromatic hydroxyl groups is 1. The smallest absolute Gasteiger partial charge is 0.318 e. The van der Waals surface area contributed by atoms with Gasteiger partial charge in [0.1, 0.15) is 22.9 Å². The molecule has 3 aliphatic heterocycles. The van der Waals surface area contributed by atoms with Crippen LogP contribution in [-0.4, -0.2) is 53.3 Å². The lowest BCUT2D eigenvalue weighted by Gasteiger charge is -2.24. The number of carbonyl (C=O) groups excluding carboxylic acids is 1. The molecule has 0 unspecified atom stereocenters. The van der Waals surface area contributed by atoms with Crippen molar-refractivity contribution in [3.63, 3.8) is 0 Å². The van der Waals surface area contributed by atoms with Gasteiger partial charge >= 0.3 is 6.01 Å². The van der Waals surface area contributed by atoms with Crippen LogP contribution in [-0.2, 0) is 13.0 Å². The maximum absolute atomic E-state index is 14.9. The van der Waals surface area contributed by atoms with Crippen LogP contribution in [0.5, 0.6) is 11.8 Å². The van der Waals surface area contributed by atoms with E-state index in [1.165, 1.54) is 25.3 Å². The van der Waals surface area contributed by atoms with Gasteiger partial charge in [-0.25, -0.2) is 4.39 Å². The Labute approximate surface area is 240 Å². The van der Waals surface area contributed by atoms with E-state index in [1.54, 1.807) is 23.1 Å². The number of aryl methyl sites for hydroxylation is 1. The molecule has 3 aromatic rings. The third-order valence-corrected chi connectivity index (χ3v) is 8.73. The van der Waals surface area contributed by atoms with Gasteiger partial charge in [-0.3, -0.25) is 4.79 Å². The topological polar surface area (TPSA) is 90.8 Å². The average Bonchev–Trinajstić information content (AvgIpc) is 3.13. The molecule has 9 heteroatoms. The van der Waals surface area contributed by atoms with Gasteiger partial charge in [0.15, 0.2) is 0 Å². The van der Waals surface area contributed by atoms with Crippen molar-refractivity contribution in [2.45, 2.75) is 83.7 Å². The first-order valence-electron chi connectivity index (χ1n) is 15.3. The predicted molar refractivity (Wildman–Crippen MR) is 159 cm³/mol. The van der Waals surface area contributed by atoms with Gasteiger partial charge in [-0.1, -0.05) is 32.3 Å². The minimum absolute atomic E-state index is 0.0280. The van der Waals surface area contributed by atoms with E-state index < -0.39 is 0 Å². The number of phenolic OH excluding ortho intramolecular Hbond substituents is 1. The standard InChI is InChI=1S/C32H40FN5O3/c1-2-24-25(33)13-12-21-18-23(39)19-27(28(21)24)38-20-26-29(31(38)40)30(37-15-7-3-4-8-16-37)36-32(35-26)41-17-9-11-22-10-5-6-14-34-22/h12-13,18-19,22,34,39H,2-11,14-17,20H2,1H3/t22-/m1/s1. The van der Waals surface area contributed by atoms with E-state index in [1.807, 2.05) is 6.92 Å². The van der Waals surface area contributed by atoms with E-state index in [0.717, 1.165) is 58.2 Å². The van der Waals surface area contributed by atoms with Crippen molar-refractivity contribution >= 4 is 28.2 Å². The van der Waals surface area contributed by atoms with Crippen LogP contribution in [0.15, 0.2) is 24.3 Å². The number of nitrogens with one attached hydrogen (secondary N) is 1. The minimum Gasteiger partial charge on any atom is -0.508 e. The summed E-state index contributed by atoms with van der Waals surface area (Å²) in [6.07, 6.45) is 10.5. The van der Waals surface area contributed by atoms with Crippen molar-refractivity contribution in [2.75, 3.05) is 36.0 Å². The first-order valence-corrected chi connectivity index (χ1v) is 15.3. The van der Waals surface area contributed by atoms with E-state index in [-0.39, 0.29) is 24.0 Å². The van der Waals surface area contributed by atoms with E-state index in [0.29, 0.717) is 64.2 Å². The van der Waals surface area contributed by atoms with Crippen LogP contribution in [0, 0.1) is 5.82 Å². The predicted octanol–water partition coefficient (Wildman–Crippen LogP) is 5.88. The molecule has 0 aliphatic carbocycles. The first-order chi connectivity index (χ1) is 20.0. The van der Waals surface area contributed by atoms with Gasteiger partial charge in [0.05, 0.1) is 24.5 Å². The molecule has 1 aromatic heterocycles. The van der Waals surface area contributed by atoms with Gasteiger partial charge in [-0.2, -0.15) is 9.97 Å². The highest BCUT2D eigenvalue weighted by atomic mass is 19.1. The summed E-state index contributed by atoms with van der Waals surface area (Å²) in [4.78, 5) is 27.5. The van der Waals surface area contributed by atoms with Crippen molar-refractivity contribution < 1.29 is 19.0 Å². The number of nitrogens with zero attached hydrogens (tertiary/aromatic N) is 4. The molecule has 2 N–H and O–H groups in total. The average molecular weight is 562 g/mol. The Morgan fingerprint density at radius 3 is 2.68 bits per heavy atom. The zero-order chi connectivity index (χ0) is 28.3. The van der Waals surface area contributed by atoms with Gasteiger partial charge in [-0.05, 0) is 74.6 Å². The second kappa shape index (κ2) is 12.2. The van der Waals surface area contributed by atoms with Crippen LogP contribution in [0.4, 0.5) is 15.9 Å². The van der Waals surface area contributed by atoms with Gasteiger partial charge in [0.2, 0.25) is 0 Å². The Balaban J connectivity index is 1.33. The maximum Gasteiger partial charge on any atom is 0.318 e. The zero-order valence-corrected chi connectivity index (χ0v) is 23.9. The number of hydrogen-bond donors (Lipinski definition) is 2. The molecule has 6 rings (SSSR count). The summed E-state index contributed by atoms with van der Waals surface area (Å²) in [5.74, 6) is 0.104. The second-order valence-electron chi connectivity index (χ2n) is 11.5. The van der Waals surface area contributed by atoms with Crippen LogP contribution in [0.3, 0.4) is 0 Å². The molecule has 4 heterocycles. The van der Waals surface area contributed by atoms with Gasteiger partial charge in [0.25, 0.3) is 5.91 Å². The van der Waals surface area contributed by atoms with E-state index in [2.05, 4.69) is 10.2 Å². The molecule has 1 amide bonds. The number of anilines is 2. The summed E-state index contributed by atoms with van der Waals surface area (Å²) < 4.78 is 21.0. The van der Waals surface area contributed by atoms with Crippen molar-refractivity contribution in [1.29, 1.82) is 0 Å². The fraction of sp³-hybridized carbons (Fsp3) is 0.531. The van der Waals surface area contributed by atoms with Crippen molar-refractivity contribution in [2.24, 2.45) is 0 Å². The number of halogens is 1. The lowest BCUT2D eigenvalue weighted by atomic mass is 9.99. The quantitative estimate of drug-likeness (QED) is 0.332. The number of ether oxygens (including phenoxy) is 1. The number of benzene rings is 2. The summed E-state index contributed by atoms with van der Waals surface area (Å²) >= 11 is 0. The Bertz CT molecular complexity index is 1420. The number of hydrogen-bond acceptors (Lipinski definition) is 7. The maximum atomic E-state index is 14.9. The third kappa shape index (κ3) is 5.69. The van der Waals surface area contributed by atoms with E-state index >= 15 is 0 Å². The van der Waals surface area contributed by atoms with Crippen LogP contribution in [0.1, 0.15) is 86.3 Å². The summed E-state index contributed by atoms with van der Waals surface area (Å²) in [5.41, 5.74) is 2.11. The van der Waals surface area contributed by atoms with E-state index in [4.69, 9.17) is 14.7 Å². The highest BCUT2D eigenvalue weighted by molar-refractivity contribution is 6.16. The number of aromatic nitrogens is 2. The summed E-state index contributed by atoms with van der Waals surface area (Å²) in [6.45, 7) is 5.35. The third-order valence-electron chi connectivity index (χ3n) is 8.73. The molecule has 41 heavy (non-hydrogen) atoms. The molecule has 2 fully saturated rings. The minimum atomic E-state index is -0.319. The molecule has 0 saturated carbocycles. The lowest BCUT2D eigenvalue weighted by Crippen LogP contribution is -2.34. The largest absolute Gasteiger partial charge is 0.508 e. The molecule has 0 radical (unpaired) electrons. The molecular weight excluding hydrogens is 521 g/mol. The van der Waals surface area contributed by atoms with Gasteiger partial charge in [-0.15, -0.1) is 0 Å². The summed E-state index contributed by atoms with van der Waals surface area (Å²) in [6, 6.07) is 7.08. The fourth-order valence-corrected chi connectivity index (χ4v) is 6.63. The monoisotopic (exact) mass is 561 g/mol. The van der Waals surface area contributed by atoms with Gasteiger partial charge in [0, 0.05) is 30.6 Å². The number of fused-ring (bicyclic) bond motifs is 2. The number of piperidine rings is 1.